The molecule has 0 saturated carbocycles. The second-order valence-corrected chi connectivity index (χ2v) is 9.54. The lowest BCUT2D eigenvalue weighted by Crippen LogP contribution is -2.27. The number of nitrogens with one attached hydrogen (secondary N) is 1. The first-order valence-corrected chi connectivity index (χ1v) is 12.8. The lowest BCUT2D eigenvalue weighted by atomic mass is 10.1. The van der Waals surface area contributed by atoms with Gasteiger partial charge in [-0.1, -0.05) is 11.6 Å². The fraction of sp³-hybridized carbons (Fsp3) is 0.321. The Kier molecular flexibility index (Phi) is 8.26. The molecule has 0 bridgehead atoms. The molecule has 0 aliphatic carbocycles. The van der Waals surface area contributed by atoms with E-state index < -0.39 is 0 Å². The van der Waals surface area contributed by atoms with E-state index in [9.17, 15) is 9.59 Å². The Labute approximate surface area is 226 Å². The average Bonchev–Trinajstić information content (AvgIpc) is 3.24. The first-order valence-electron chi connectivity index (χ1n) is 12.4. The smallest absolute Gasteiger partial charge is 0.273 e. The number of aryl methyl sites for hydroxylation is 2. The highest BCUT2D eigenvalue weighted by Crippen LogP contribution is 2.28. The molecule has 2 heterocycles. The van der Waals surface area contributed by atoms with Crippen molar-refractivity contribution in [2.75, 3.05) is 20.2 Å². The van der Waals surface area contributed by atoms with Crippen molar-refractivity contribution in [2.45, 2.75) is 40.8 Å². The molecule has 0 aliphatic heterocycles. The zero-order chi connectivity index (χ0) is 27.4. The number of hydrogen-bond acceptors (Lipinski definition) is 6. The van der Waals surface area contributed by atoms with Gasteiger partial charge in [0.05, 0.1) is 18.3 Å². The Morgan fingerprint density at radius 3 is 2.61 bits per heavy atom. The van der Waals surface area contributed by atoms with E-state index in [-0.39, 0.29) is 17.5 Å². The molecule has 0 fully saturated rings. The van der Waals surface area contributed by atoms with E-state index in [4.69, 9.17) is 26.3 Å². The van der Waals surface area contributed by atoms with Crippen molar-refractivity contribution in [3.63, 3.8) is 0 Å². The molecule has 2 amide bonds. The minimum Gasteiger partial charge on any atom is -0.491 e. The molecule has 0 spiro atoms. The highest BCUT2D eigenvalue weighted by atomic mass is 35.5. The van der Waals surface area contributed by atoms with E-state index in [0.29, 0.717) is 47.2 Å². The van der Waals surface area contributed by atoms with Gasteiger partial charge < -0.3 is 15.0 Å². The fourth-order valence-electron chi connectivity index (χ4n) is 4.20. The first kappa shape index (κ1) is 27.1. The first-order chi connectivity index (χ1) is 18.2. The van der Waals surface area contributed by atoms with Crippen molar-refractivity contribution in [2.24, 2.45) is 0 Å². The van der Waals surface area contributed by atoms with Crippen molar-refractivity contribution >= 4 is 34.3 Å². The molecule has 9 nitrogen and oxygen atoms in total. The van der Waals surface area contributed by atoms with Gasteiger partial charge in [0.25, 0.3) is 5.91 Å². The van der Waals surface area contributed by atoms with Crippen LogP contribution in [0, 0.1) is 13.8 Å². The third kappa shape index (κ3) is 5.94. The number of ether oxygens (including phenoxy) is 1. The summed E-state index contributed by atoms with van der Waals surface area (Å²) >= 11 is 6.28. The molecule has 10 heteroatoms. The number of rotatable bonds is 9. The quantitative estimate of drug-likeness (QED) is 0.316. The van der Waals surface area contributed by atoms with Crippen molar-refractivity contribution in [1.82, 2.24) is 30.0 Å². The van der Waals surface area contributed by atoms with Crippen molar-refractivity contribution in [3.8, 4) is 17.1 Å². The van der Waals surface area contributed by atoms with Gasteiger partial charge in [-0.2, -0.15) is 5.10 Å². The molecule has 4 rings (SSSR count). The minimum atomic E-state index is -0.237. The third-order valence-corrected chi connectivity index (χ3v) is 6.52. The minimum absolute atomic E-state index is 0.0995. The van der Waals surface area contributed by atoms with Gasteiger partial charge in [0, 0.05) is 54.3 Å². The molecule has 2 aromatic carbocycles. The van der Waals surface area contributed by atoms with Crippen LogP contribution < -0.4 is 10.1 Å². The highest BCUT2D eigenvalue weighted by molar-refractivity contribution is 6.31. The van der Waals surface area contributed by atoms with Crippen LogP contribution in [0.15, 0.2) is 42.6 Å². The molecule has 0 saturated heterocycles. The molecule has 198 valence electrons. The molecule has 2 aromatic heterocycles. The van der Waals surface area contributed by atoms with E-state index in [1.54, 1.807) is 36.3 Å². The number of halogens is 1. The summed E-state index contributed by atoms with van der Waals surface area (Å²) in [6, 6.07) is 10.9. The summed E-state index contributed by atoms with van der Waals surface area (Å²) in [4.78, 5) is 35.8. The zero-order valence-electron chi connectivity index (χ0n) is 22.2. The summed E-state index contributed by atoms with van der Waals surface area (Å²) in [6.07, 6.45) is 1.80. The lowest BCUT2D eigenvalue weighted by molar-refractivity contribution is -0.119. The predicted molar refractivity (Wildman–Crippen MR) is 147 cm³/mol. The standard InChI is InChI=1S/C28H31ClN6O3/c1-6-35-18(3)21(15-31-35)16-34(5)28(37)26-23-14-22(29)8-9-24(23)32-27(33-26)20-7-10-25(17(2)13-20)38-12-11-30-19(4)36/h7-10,13-15H,6,11-12,16H2,1-5H3,(H,30,36). The molecule has 4 aromatic rings. The summed E-state index contributed by atoms with van der Waals surface area (Å²) < 4.78 is 7.70. The number of aromatic nitrogens is 4. The maximum absolute atomic E-state index is 13.7. The Morgan fingerprint density at radius 2 is 1.92 bits per heavy atom. The largest absolute Gasteiger partial charge is 0.491 e. The Morgan fingerprint density at radius 1 is 1.13 bits per heavy atom. The second kappa shape index (κ2) is 11.6. The maximum atomic E-state index is 13.7. The van der Waals surface area contributed by atoms with Gasteiger partial charge in [-0.15, -0.1) is 0 Å². The van der Waals surface area contributed by atoms with Crippen LogP contribution in [0.3, 0.4) is 0 Å². The lowest BCUT2D eigenvalue weighted by Gasteiger charge is -2.18. The molecule has 0 atom stereocenters. The zero-order valence-corrected chi connectivity index (χ0v) is 23.0. The van der Waals surface area contributed by atoms with Gasteiger partial charge in [0.1, 0.15) is 18.1 Å². The van der Waals surface area contributed by atoms with E-state index in [0.717, 1.165) is 28.9 Å². The Hall–Kier alpha value is -3.98. The van der Waals surface area contributed by atoms with E-state index >= 15 is 0 Å². The normalized spacial score (nSPS) is 11.0. The third-order valence-electron chi connectivity index (χ3n) is 6.29. The number of amides is 2. The average molecular weight is 535 g/mol. The SMILES string of the molecule is CCn1ncc(CN(C)C(=O)c2nc(-c3ccc(OCCNC(C)=O)c(C)c3)nc3ccc(Cl)cc23)c1C. The molecule has 38 heavy (non-hydrogen) atoms. The molecular formula is C28H31ClN6O3. The Balaban J connectivity index is 1.65. The number of fused-ring (bicyclic) bond motifs is 1. The van der Waals surface area contributed by atoms with Gasteiger partial charge >= 0.3 is 0 Å². The summed E-state index contributed by atoms with van der Waals surface area (Å²) in [5, 5.41) is 8.19. The van der Waals surface area contributed by atoms with Crippen LogP contribution in [0.2, 0.25) is 5.02 Å². The topological polar surface area (TPSA) is 102 Å². The van der Waals surface area contributed by atoms with E-state index in [1.165, 1.54) is 6.92 Å². The summed E-state index contributed by atoms with van der Waals surface area (Å²) in [5.41, 5.74) is 4.55. The van der Waals surface area contributed by atoms with Gasteiger partial charge in [-0.05, 0) is 62.7 Å². The molecule has 0 unspecified atom stereocenters. The molecule has 1 N–H and O–H groups in total. The van der Waals surface area contributed by atoms with Crippen LogP contribution in [-0.4, -0.2) is 56.7 Å². The highest BCUT2D eigenvalue weighted by Gasteiger charge is 2.21. The van der Waals surface area contributed by atoms with Crippen LogP contribution >= 0.6 is 11.6 Å². The maximum Gasteiger partial charge on any atom is 0.273 e. The van der Waals surface area contributed by atoms with Gasteiger partial charge in [0.15, 0.2) is 5.82 Å². The van der Waals surface area contributed by atoms with Crippen LogP contribution in [-0.2, 0) is 17.9 Å². The van der Waals surface area contributed by atoms with Crippen molar-refractivity contribution < 1.29 is 14.3 Å². The van der Waals surface area contributed by atoms with E-state index in [1.807, 2.05) is 43.7 Å². The van der Waals surface area contributed by atoms with Crippen molar-refractivity contribution in [1.29, 1.82) is 0 Å². The monoisotopic (exact) mass is 534 g/mol. The number of carbonyl (C=O) groups excluding carboxylic acids is 2. The summed E-state index contributed by atoms with van der Waals surface area (Å²) in [6.45, 7) is 9.36. The molecule has 0 aliphatic rings. The fourth-order valence-corrected chi connectivity index (χ4v) is 4.37. The van der Waals surface area contributed by atoms with Crippen LogP contribution in [0.1, 0.15) is 41.2 Å². The van der Waals surface area contributed by atoms with E-state index in [2.05, 4.69) is 10.4 Å². The van der Waals surface area contributed by atoms with Crippen molar-refractivity contribution in [3.05, 3.63) is 70.1 Å². The summed E-state index contributed by atoms with van der Waals surface area (Å²) in [7, 11) is 1.75. The number of nitrogens with zero attached hydrogens (tertiary/aromatic N) is 5. The molecular weight excluding hydrogens is 504 g/mol. The number of benzene rings is 2. The van der Waals surface area contributed by atoms with Crippen LogP contribution in [0.5, 0.6) is 5.75 Å². The van der Waals surface area contributed by atoms with Gasteiger partial charge in [-0.25, -0.2) is 9.97 Å². The number of hydrogen-bond donors (Lipinski definition) is 1. The summed E-state index contributed by atoms with van der Waals surface area (Å²) in [5.74, 6) is 0.793. The van der Waals surface area contributed by atoms with Crippen LogP contribution in [0.25, 0.3) is 22.3 Å². The van der Waals surface area contributed by atoms with Crippen LogP contribution in [0.4, 0.5) is 0 Å². The molecule has 0 radical (unpaired) electrons. The second-order valence-electron chi connectivity index (χ2n) is 9.10. The van der Waals surface area contributed by atoms with Gasteiger partial charge in [-0.3, -0.25) is 14.3 Å². The Bertz CT molecular complexity index is 1500. The van der Waals surface area contributed by atoms with Gasteiger partial charge in [0.2, 0.25) is 5.91 Å². The predicted octanol–water partition coefficient (Wildman–Crippen LogP) is 4.57. The number of carbonyl (C=O) groups is 2.